The third kappa shape index (κ3) is 3.66. The molecule has 17 heavy (non-hydrogen) atoms. The van der Waals surface area contributed by atoms with Crippen LogP contribution >= 0.6 is 33.9 Å². The van der Waals surface area contributed by atoms with Gasteiger partial charge in [0.2, 0.25) is 0 Å². The van der Waals surface area contributed by atoms with Gasteiger partial charge >= 0.3 is 0 Å². The van der Waals surface area contributed by atoms with Gasteiger partial charge in [0.15, 0.2) is 0 Å². The molecule has 0 saturated heterocycles. The normalized spacial score (nSPS) is 24.6. The highest BCUT2D eigenvalue weighted by molar-refractivity contribution is 14.1. The van der Waals surface area contributed by atoms with Crippen LogP contribution in [-0.2, 0) is 0 Å². The van der Waals surface area contributed by atoms with E-state index in [-0.39, 0.29) is 5.91 Å². The summed E-state index contributed by atoms with van der Waals surface area (Å²) >= 11 is 3.86. The Hall–Kier alpha value is -0.140. The molecule has 0 aliphatic heterocycles. The van der Waals surface area contributed by atoms with Gasteiger partial charge in [0.05, 0.1) is 8.45 Å². The van der Waals surface area contributed by atoms with Gasteiger partial charge in [0.1, 0.15) is 0 Å². The largest absolute Gasteiger partial charge is 0.349 e. The molecule has 0 spiro atoms. The van der Waals surface area contributed by atoms with Crippen molar-refractivity contribution in [2.45, 2.75) is 37.8 Å². The van der Waals surface area contributed by atoms with Crippen molar-refractivity contribution in [3.8, 4) is 0 Å². The molecule has 3 nitrogen and oxygen atoms in total. The zero-order chi connectivity index (χ0) is 12.3. The number of thiophene rings is 1. The van der Waals surface area contributed by atoms with E-state index in [0.717, 1.165) is 34.1 Å². The molecule has 1 aliphatic carbocycles. The number of hydrogen-bond acceptors (Lipinski definition) is 3. The van der Waals surface area contributed by atoms with Crippen molar-refractivity contribution in [1.29, 1.82) is 0 Å². The first-order chi connectivity index (χ1) is 8.19. The average molecular weight is 364 g/mol. The standard InChI is InChI=1S/C12H17IN2OS/c1-14-9-2-4-10(5-3-9)15-12(16)8-6-11(13)17-7-8/h6-7,9-10,14H,2-5H2,1H3,(H,15,16). The molecule has 5 heteroatoms. The van der Waals surface area contributed by atoms with Crippen LogP contribution in [0.2, 0.25) is 0 Å². The van der Waals surface area contributed by atoms with Gasteiger partial charge in [-0.1, -0.05) is 0 Å². The number of amides is 1. The zero-order valence-corrected chi connectivity index (χ0v) is 12.8. The van der Waals surface area contributed by atoms with Crippen LogP contribution in [0, 0.1) is 2.88 Å². The third-order valence-corrected chi connectivity index (χ3v) is 5.09. The first-order valence-corrected chi connectivity index (χ1v) is 7.87. The second kappa shape index (κ2) is 6.15. The maximum Gasteiger partial charge on any atom is 0.252 e. The van der Waals surface area contributed by atoms with Crippen LogP contribution in [0.15, 0.2) is 11.4 Å². The summed E-state index contributed by atoms with van der Waals surface area (Å²) in [5.74, 6) is 0.0806. The second-order valence-corrected chi connectivity index (χ2v) is 7.26. The lowest BCUT2D eigenvalue weighted by Gasteiger charge is -2.28. The first kappa shape index (κ1) is 13.3. The monoisotopic (exact) mass is 364 g/mol. The summed E-state index contributed by atoms with van der Waals surface area (Å²) in [5.41, 5.74) is 0.801. The van der Waals surface area contributed by atoms with E-state index >= 15 is 0 Å². The third-order valence-electron chi connectivity index (χ3n) is 3.30. The molecule has 1 heterocycles. The molecule has 2 N–H and O–H groups in total. The van der Waals surface area contributed by atoms with Crippen molar-refractivity contribution in [2.24, 2.45) is 0 Å². The molecule has 0 unspecified atom stereocenters. The molecule has 0 aromatic carbocycles. The highest BCUT2D eigenvalue weighted by atomic mass is 127. The summed E-state index contributed by atoms with van der Waals surface area (Å²) in [6.45, 7) is 0. The van der Waals surface area contributed by atoms with Crippen molar-refractivity contribution in [2.75, 3.05) is 7.05 Å². The van der Waals surface area contributed by atoms with Crippen molar-refractivity contribution in [3.63, 3.8) is 0 Å². The molecule has 2 rings (SSSR count). The second-order valence-electron chi connectivity index (χ2n) is 4.45. The van der Waals surface area contributed by atoms with E-state index in [1.165, 1.54) is 0 Å². The minimum atomic E-state index is 0.0806. The summed E-state index contributed by atoms with van der Waals surface area (Å²) in [6.07, 6.45) is 4.47. The Bertz CT molecular complexity index is 386. The molecule has 1 aromatic rings. The van der Waals surface area contributed by atoms with Gasteiger partial charge in [-0.15, -0.1) is 11.3 Å². The molecule has 0 bridgehead atoms. The Balaban J connectivity index is 1.84. The van der Waals surface area contributed by atoms with E-state index in [0.29, 0.717) is 12.1 Å². The van der Waals surface area contributed by atoms with E-state index in [1.807, 2.05) is 18.5 Å². The SMILES string of the molecule is CNC1CCC(NC(=O)c2csc(I)c2)CC1. The summed E-state index contributed by atoms with van der Waals surface area (Å²) in [7, 11) is 2.01. The quantitative estimate of drug-likeness (QED) is 0.810. The molecule has 1 saturated carbocycles. The van der Waals surface area contributed by atoms with Gasteiger partial charge < -0.3 is 10.6 Å². The lowest BCUT2D eigenvalue weighted by Crippen LogP contribution is -2.41. The molecule has 1 amide bonds. The highest BCUT2D eigenvalue weighted by Gasteiger charge is 2.21. The molecule has 0 radical (unpaired) electrons. The predicted octanol–water partition coefficient (Wildman–Crippen LogP) is 2.61. The van der Waals surface area contributed by atoms with Gasteiger partial charge in [-0.2, -0.15) is 0 Å². The fourth-order valence-corrected chi connectivity index (χ4v) is 3.55. The molecule has 94 valence electrons. The van der Waals surface area contributed by atoms with Crippen LogP contribution in [0.5, 0.6) is 0 Å². The van der Waals surface area contributed by atoms with E-state index in [1.54, 1.807) is 11.3 Å². The maximum absolute atomic E-state index is 12.0. The number of rotatable bonds is 3. The number of hydrogen-bond donors (Lipinski definition) is 2. The lowest BCUT2D eigenvalue weighted by molar-refractivity contribution is 0.0925. The van der Waals surface area contributed by atoms with Crippen molar-refractivity contribution in [3.05, 3.63) is 19.9 Å². The Morgan fingerprint density at radius 3 is 2.53 bits per heavy atom. The van der Waals surface area contributed by atoms with Gasteiger partial charge in [0, 0.05) is 17.5 Å². The van der Waals surface area contributed by atoms with Crippen LogP contribution in [0.4, 0.5) is 0 Å². The molecule has 1 fully saturated rings. The van der Waals surface area contributed by atoms with Crippen molar-refractivity contribution >= 4 is 39.8 Å². The summed E-state index contributed by atoms with van der Waals surface area (Å²) < 4.78 is 1.16. The Morgan fingerprint density at radius 1 is 1.35 bits per heavy atom. The number of carbonyl (C=O) groups is 1. The van der Waals surface area contributed by atoms with E-state index in [2.05, 4.69) is 33.2 Å². The lowest BCUT2D eigenvalue weighted by atomic mass is 9.91. The predicted molar refractivity (Wildman–Crippen MR) is 79.6 cm³/mol. The Labute approximate surface area is 120 Å². The fourth-order valence-electron chi connectivity index (χ4n) is 2.22. The molecule has 1 aromatic heterocycles. The molecular formula is C12H17IN2OS. The zero-order valence-electron chi connectivity index (χ0n) is 9.83. The minimum absolute atomic E-state index is 0.0806. The van der Waals surface area contributed by atoms with Crippen molar-refractivity contribution < 1.29 is 4.79 Å². The molecule has 1 aliphatic rings. The summed E-state index contributed by atoms with van der Waals surface area (Å²) in [6, 6.07) is 2.93. The topological polar surface area (TPSA) is 41.1 Å². The van der Waals surface area contributed by atoms with Crippen LogP contribution in [-0.4, -0.2) is 25.0 Å². The molecular weight excluding hydrogens is 347 g/mol. The number of carbonyl (C=O) groups excluding carboxylic acids is 1. The Morgan fingerprint density at radius 2 is 2.00 bits per heavy atom. The smallest absolute Gasteiger partial charge is 0.252 e. The van der Waals surface area contributed by atoms with Gasteiger partial charge in [0.25, 0.3) is 5.91 Å². The van der Waals surface area contributed by atoms with E-state index in [4.69, 9.17) is 0 Å². The summed E-state index contributed by atoms with van der Waals surface area (Å²) in [5, 5.41) is 8.36. The minimum Gasteiger partial charge on any atom is -0.349 e. The first-order valence-electron chi connectivity index (χ1n) is 5.91. The number of nitrogens with one attached hydrogen (secondary N) is 2. The van der Waals surface area contributed by atoms with E-state index < -0.39 is 0 Å². The average Bonchev–Trinajstić information content (AvgIpc) is 2.77. The Kier molecular flexibility index (Phi) is 4.81. The van der Waals surface area contributed by atoms with Crippen LogP contribution in [0.1, 0.15) is 36.0 Å². The molecule has 0 atom stereocenters. The van der Waals surface area contributed by atoms with Crippen LogP contribution < -0.4 is 10.6 Å². The number of halogens is 1. The van der Waals surface area contributed by atoms with Gasteiger partial charge in [-0.05, 0) is 61.4 Å². The highest BCUT2D eigenvalue weighted by Crippen LogP contribution is 2.20. The summed E-state index contributed by atoms with van der Waals surface area (Å²) in [4.78, 5) is 12.0. The fraction of sp³-hybridized carbons (Fsp3) is 0.583. The van der Waals surface area contributed by atoms with Gasteiger partial charge in [-0.25, -0.2) is 0 Å². The van der Waals surface area contributed by atoms with Gasteiger partial charge in [-0.3, -0.25) is 4.79 Å². The van der Waals surface area contributed by atoms with E-state index in [9.17, 15) is 4.79 Å². The maximum atomic E-state index is 12.0. The van der Waals surface area contributed by atoms with Crippen LogP contribution in [0.25, 0.3) is 0 Å². The van der Waals surface area contributed by atoms with Crippen LogP contribution in [0.3, 0.4) is 0 Å². The van der Waals surface area contributed by atoms with Crippen molar-refractivity contribution in [1.82, 2.24) is 10.6 Å².